The van der Waals surface area contributed by atoms with Crippen molar-refractivity contribution >= 4 is 21.8 Å². The summed E-state index contributed by atoms with van der Waals surface area (Å²) in [6.07, 6.45) is 3.76. The minimum Gasteiger partial charge on any atom is -0.351 e. The molecule has 0 saturated heterocycles. The minimum atomic E-state index is 0.0284. The number of carbonyl (C=O) groups is 1. The van der Waals surface area contributed by atoms with Gasteiger partial charge in [-0.3, -0.25) is 4.79 Å². The molecular formula is C13H16BrNO. The fourth-order valence-electron chi connectivity index (χ4n) is 1.95. The lowest BCUT2D eigenvalue weighted by Gasteiger charge is -2.38. The van der Waals surface area contributed by atoms with Crippen LogP contribution < -0.4 is 5.32 Å². The van der Waals surface area contributed by atoms with E-state index >= 15 is 0 Å². The number of nitrogens with one attached hydrogen (secondary N) is 1. The second kappa shape index (κ2) is 4.58. The molecule has 1 aliphatic carbocycles. The number of amides is 1. The van der Waals surface area contributed by atoms with Crippen LogP contribution in [-0.4, -0.2) is 12.5 Å². The number of hydrogen-bond acceptors (Lipinski definition) is 1. The van der Waals surface area contributed by atoms with Crippen LogP contribution in [0.4, 0.5) is 0 Å². The molecule has 0 aliphatic heterocycles. The average molecular weight is 282 g/mol. The van der Waals surface area contributed by atoms with Crippen LogP contribution in [0.2, 0.25) is 0 Å². The predicted molar refractivity (Wildman–Crippen MR) is 68.4 cm³/mol. The molecule has 1 aromatic rings. The molecule has 1 fully saturated rings. The molecular weight excluding hydrogens is 266 g/mol. The first-order chi connectivity index (χ1) is 7.59. The largest absolute Gasteiger partial charge is 0.351 e. The number of halogens is 1. The van der Waals surface area contributed by atoms with Gasteiger partial charge in [-0.1, -0.05) is 29.3 Å². The van der Waals surface area contributed by atoms with Crippen molar-refractivity contribution in [2.24, 2.45) is 5.41 Å². The summed E-state index contributed by atoms with van der Waals surface area (Å²) in [7, 11) is 0. The van der Waals surface area contributed by atoms with Crippen molar-refractivity contribution in [3.05, 3.63) is 34.3 Å². The van der Waals surface area contributed by atoms with Gasteiger partial charge in [-0.15, -0.1) is 0 Å². The summed E-state index contributed by atoms with van der Waals surface area (Å²) in [5.41, 5.74) is 1.07. The number of rotatable bonds is 3. The Morgan fingerprint density at radius 2 is 2.00 bits per heavy atom. The van der Waals surface area contributed by atoms with Gasteiger partial charge < -0.3 is 5.32 Å². The van der Waals surface area contributed by atoms with Crippen LogP contribution in [0.1, 0.15) is 36.5 Å². The van der Waals surface area contributed by atoms with Crippen LogP contribution in [0, 0.1) is 5.41 Å². The SMILES string of the molecule is CC1(CNC(=O)c2ccc(Br)cc2)CCC1. The smallest absolute Gasteiger partial charge is 0.251 e. The van der Waals surface area contributed by atoms with Gasteiger partial charge >= 0.3 is 0 Å². The van der Waals surface area contributed by atoms with E-state index in [1.165, 1.54) is 19.3 Å². The molecule has 16 heavy (non-hydrogen) atoms. The lowest BCUT2D eigenvalue weighted by atomic mass is 9.70. The molecule has 0 unspecified atom stereocenters. The normalized spacial score (nSPS) is 17.6. The number of carbonyl (C=O) groups excluding carboxylic acids is 1. The monoisotopic (exact) mass is 281 g/mol. The van der Waals surface area contributed by atoms with E-state index in [1.807, 2.05) is 24.3 Å². The minimum absolute atomic E-state index is 0.0284. The molecule has 1 N–H and O–H groups in total. The maximum Gasteiger partial charge on any atom is 0.251 e. The van der Waals surface area contributed by atoms with Gasteiger partial charge in [0.25, 0.3) is 5.91 Å². The Morgan fingerprint density at radius 1 is 1.38 bits per heavy atom. The Morgan fingerprint density at radius 3 is 2.50 bits per heavy atom. The third kappa shape index (κ3) is 2.64. The van der Waals surface area contributed by atoms with Crippen molar-refractivity contribution in [1.82, 2.24) is 5.32 Å². The Bertz CT molecular complexity index is 381. The van der Waals surface area contributed by atoms with E-state index in [4.69, 9.17) is 0 Å². The van der Waals surface area contributed by atoms with Crippen LogP contribution in [-0.2, 0) is 0 Å². The molecule has 0 spiro atoms. The van der Waals surface area contributed by atoms with E-state index in [9.17, 15) is 4.79 Å². The Balaban J connectivity index is 1.90. The van der Waals surface area contributed by atoms with Gasteiger partial charge in [-0.2, -0.15) is 0 Å². The van der Waals surface area contributed by atoms with E-state index in [2.05, 4.69) is 28.2 Å². The molecule has 0 atom stereocenters. The molecule has 2 nitrogen and oxygen atoms in total. The maximum atomic E-state index is 11.8. The third-order valence-electron chi connectivity index (χ3n) is 3.34. The zero-order valence-electron chi connectivity index (χ0n) is 9.42. The van der Waals surface area contributed by atoms with Gasteiger partial charge in [0.15, 0.2) is 0 Å². The van der Waals surface area contributed by atoms with Gasteiger partial charge in [0, 0.05) is 16.6 Å². The third-order valence-corrected chi connectivity index (χ3v) is 3.87. The zero-order chi connectivity index (χ0) is 11.6. The second-order valence-electron chi connectivity index (χ2n) is 4.85. The first-order valence-corrected chi connectivity index (χ1v) is 6.42. The van der Waals surface area contributed by atoms with Crippen LogP contribution in [0.5, 0.6) is 0 Å². The molecule has 0 bridgehead atoms. The van der Waals surface area contributed by atoms with Crippen LogP contribution in [0.25, 0.3) is 0 Å². The predicted octanol–water partition coefficient (Wildman–Crippen LogP) is 3.37. The average Bonchev–Trinajstić information content (AvgIpc) is 2.24. The highest BCUT2D eigenvalue weighted by Gasteiger charge is 2.31. The maximum absolute atomic E-state index is 11.8. The highest BCUT2D eigenvalue weighted by Crippen LogP contribution is 2.39. The molecule has 3 heteroatoms. The number of hydrogen-bond donors (Lipinski definition) is 1. The summed E-state index contributed by atoms with van der Waals surface area (Å²) in [6, 6.07) is 7.45. The second-order valence-corrected chi connectivity index (χ2v) is 5.77. The summed E-state index contributed by atoms with van der Waals surface area (Å²) in [5, 5.41) is 3.01. The van der Waals surface area contributed by atoms with Crippen molar-refractivity contribution in [2.75, 3.05) is 6.54 Å². The first-order valence-electron chi connectivity index (χ1n) is 5.63. The lowest BCUT2D eigenvalue weighted by molar-refractivity contribution is 0.0891. The molecule has 0 aromatic heterocycles. The van der Waals surface area contributed by atoms with Crippen molar-refractivity contribution < 1.29 is 4.79 Å². The number of benzene rings is 1. The first kappa shape index (κ1) is 11.6. The van der Waals surface area contributed by atoms with Gasteiger partial charge in [-0.25, -0.2) is 0 Å². The van der Waals surface area contributed by atoms with E-state index in [0.29, 0.717) is 5.41 Å². The summed E-state index contributed by atoms with van der Waals surface area (Å²) in [4.78, 5) is 11.8. The van der Waals surface area contributed by atoms with Crippen LogP contribution in [0.3, 0.4) is 0 Å². The highest BCUT2D eigenvalue weighted by atomic mass is 79.9. The molecule has 0 heterocycles. The van der Waals surface area contributed by atoms with E-state index in [1.54, 1.807) is 0 Å². The van der Waals surface area contributed by atoms with Gasteiger partial charge in [0.2, 0.25) is 0 Å². The lowest BCUT2D eigenvalue weighted by Crippen LogP contribution is -2.39. The quantitative estimate of drug-likeness (QED) is 0.904. The van der Waals surface area contributed by atoms with E-state index < -0.39 is 0 Å². The molecule has 86 valence electrons. The standard InChI is InChI=1S/C13H16BrNO/c1-13(7-2-8-13)9-15-12(16)10-3-5-11(14)6-4-10/h3-6H,2,7-9H2,1H3,(H,15,16). The zero-order valence-corrected chi connectivity index (χ0v) is 11.0. The van der Waals surface area contributed by atoms with E-state index in [0.717, 1.165) is 16.6 Å². The Hall–Kier alpha value is -0.830. The Labute approximate surface area is 105 Å². The van der Waals surface area contributed by atoms with Crippen molar-refractivity contribution in [3.63, 3.8) is 0 Å². The summed E-state index contributed by atoms with van der Waals surface area (Å²) in [5.74, 6) is 0.0284. The summed E-state index contributed by atoms with van der Waals surface area (Å²) < 4.78 is 0.995. The summed E-state index contributed by atoms with van der Waals surface area (Å²) >= 11 is 3.35. The van der Waals surface area contributed by atoms with Crippen molar-refractivity contribution in [3.8, 4) is 0 Å². The topological polar surface area (TPSA) is 29.1 Å². The van der Waals surface area contributed by atoms with Gasteiger partial charge in [0.05, 0.1) is 0 Å². The fraction of sp³-hybridized carbons (Fsp3) is 0.462. The molecule has 1 aliphatic rings. The fourth-order valence-corrected chi connectivity index (χ4v) is 2.22. The van der Waals surface area contributed by atoms with Gasteiger partial charge in [0.1, 0.15) is 0 Å². The highest BCUT2D eigenvalue weighted by molar-refractivity contribution is 9.10. The van der Waals surface area contributed by atoms with Crippen molar-refractivity contribution in [2.45, 2.75) is 26.2 Å². The Kier molecular flexibility index (Phi) is 3.33. The molecule has 2 rings (SSSR count). The van der Waals surface area contributed by atoms with Crippen LogP contribution >= 0.6 is 15.9 Å². The van der Waals surface area contributed by atoms with Crippen LogP contribution in [0.15, 0.2) is 28.7 Å². The van der Waals surface area contributed by atoms with E-state index in [-0.39, 0.29) is 5.91 Å². The molecule has 1 amide bonds. The molecule has 1 saturated carbocycles. The van der Waals surface area contributed by atoms with Crippen molar-refractivity contribution in [1.29, 1.82) is 0 Å². The van der Waals surface area contributed by atoms with Gasteiger partial charge in [-0.05, 0) is 42.5 Å². The molecule has 0 radical (unpaired) electrons. The summed E-state index contributed by atoms with van der Waals surface area (Å²) in [6.45, 7) is 3.03. The molecule has 1 aromatic carbocycles.